The lowest BCUT2D eigenvalue weighted by Crippen LogP contribution is -1.91. The van der Waals surface area contributed by atoms with Crippen molar-refractivity contribution in [3.63, 3.8) is 0 Å². The Morgan fingerprint density at radius 3 is 2.21 bits per heavy atom. The number of halogens is 1. The molecule has 0 radical (unpaired) electrons. The lowest BCUT2D eigenvalue weighted by Gasteiger charge is -2.03. The summed E-state index contributed by atoms with van der Waals surface area (Å²) in [6, 6.07) is 14.8. The highest BCUT2D eigenvalue weighted by atomic mass is 35.5. The van der Waals surface area contributed by atoms with E-state index in [9.17, 15) is 0 Å². The minimum absolute atomic E-state index is 0.232. The van der Waals surface area contributed by atoms with Gasteiger partial charge in [-0.1, -0.05) is 34.0 Å². The van der Waals surface area contributed by atoms with Crippen LogP contribution in [0, 0.1) is 0 Å². The molecule has 0 aliphatic carbocycles. The third-order valence-corrected chi connectivity index (χ3v) is 4.33. The first-order chi connectivity index (χ1) is 13.7. The molecule has 8 heteroatoms. The summed E-state index contributed by atoms with van der Waals surface area (Å²) in [5.41, 5.74) is 2.85. The van der Waals surface area contributed by atoms with E-state index in [0.29, 0.717) is 33.6 Å². The topological polar surface area (TPSA) is 83.4 Å². The molecule has 7 nitrogen and oxygen atoms in total. The highest BCUT2D eigenvalue weighted by Gasteiger charge is 2.13. The fraction of sp³-hybridized carbons (Fsp3) is 0.150. The Kier molecular flexibility index (Phi) is 5.36. The molecule has 0 unspecified atom stereocenters. The predicted octanol–water partition coefficient (Wildman–Crippen LogP) is 4.77. The molecule has 3 heterocycles. The predicted molar refractivity (Wildman–Crippen MR) is 102 cm³/mol. The van der Waals surface area contributed by atoms with Gasteiger partial charge < -0.3 is 18.5 Å². The van der Waals surface area contributed by atoms with Crippen LogP contribution in [0.25, 0.3) is 22.5 Å². The Bertz CT molecular complexity index is 1080. The van der Waals surface area contributed by atoms with E-state index in [1.165, 1.54) is 0 Å². The second-order valence-corrected chi connectivity index (χ2v) is 6.25. The second kappa shape index (κ2) is 8.24. The second-order valence-electron chi connectivity index (χ2n) is 5.89. The van der Waals surface area contributed by atoms with Crippen LogP contribution in [0.4, 0.5) is 0 Å². The van der Waals surface area contributed by atoms with Gasteiger partial charge in [-0.25, -0.2) is 4.98 Å². The van der Waals surface area contributed by atoms with Gasteiger partial charge in [-0.2, -0.15) is 0 Å². The number of hydrogen-bond donors (Lipinski definition) is 0. The van der Waals surface area contributed by atoms with E-state index in [4.69, 9.17) is 30.1 Å². The van der Waals surface area contributed by atoms with Crippen LogP contribution in [0.2, 0.25) is 5.15 Å². The third-order valence-electron chi connectivity index (χ3n) is 4.02. The first-order valence-electron chi connectivity index (χ1n) is 8.48. The molecule has 3 aromatic heterocycles. The maximum Gasteiger partial charge on any atom is 0.163 e. The smallest absolute Gasteiger partial charge is 0.163 e. The molecule has 0 bridgehead atoms. The molecule has 0 aliphatic heterocycles. The summed E-state index contributed by atoms with van der Waals surface area (Å²) >= 11 is 6.07. The van der Waals surface area contributed by atoms with Gasteiger partial charge in [-0.15, -0.1) is 0 Å². The number of para-hydroxylation sites is 1. The average Bonchev–Trinajstić information content (AvgIpc) is 3.38. The van der Waals surface area contributed by atoms with Gasteiger partial charge in [0.1, 0.15) is 35.5 Å². The van der Waals surface area contributed by atoms with Crippen LogP contribution in [0.15, 0.2) is 63.8 Å². The highest BCUT2D eigenvalue weighted by Crippen LogP contribution is 2.29. The molecule has 0 saturated heterocycles. The molecule has 0 saturated carbocycles. The quantitative estimate of drug-likeness (QED) is 0.415. The minimum atomic E-state index is 0.232. The van der Waals surface area contributed by atoms with Crippen molar-refractivity contribution in [2.75, 3.05) is 7.11 Å². The molecule has 0 spiro atoms. The average molecular weight is 398 g/mol. The molecule has 0 aliphatic rings. The van der Waals surface area contributed by atoms with Crippen molar-refractivity contribution < 1.29 is 18.5 Å². The molecular weight excluding hydrogens is 382 g/mol. The SMILES string of the molecule is COc1ccccc1-c1cc(COCc2cc(-c3cccnc3Cl)no2)on1. The van der Waals surface area contributed by atoms with E-state index in [2.05, 4.69) is 15.3 Å². The van der Waals surface area contributed by atoms with Gasteiger partial charge in [0.15, 0.2) is 11.5 Å². The molecule has 0 amide bonds. The Labute approximate surface area is 165 Å². The van der Waals surface area contributed by atoms with Crippen molar-refractivity contribution >= 4 is 11.6 Å². The Morgan fingerprint density at radius 1 is 0.893 bits per heavy atom. The molecule has 0 N–H and O–H groups in total. The number of methoxy groups -OCH3 is 1. The van der Waals surface area contributed by atoms with E-state index < -0.39 is 0 Å². The number of nitrogens with zero attached hydrogens (tertiary/aromatic N) is 3. The molecule has 0 atom stereocenters. The van der Waals surface area contributed by atoms with E-state index in [-0.39, 0.29) is 13.2 Å². The Hall–Kier alpha value is -3.16. The zero-order valence-corrected chi connectivity index (χ0v) is 15.7. The highest BCUT2D eigenvalue weighted by molar-refractivity contribution is 6.32. The number of aromatic nitrogens is 3. The van der Waals surface area contributed by atoms with Gasteiger partial charge >= 0.3 is 0 Å². The zero-order chi connectivity index (χ0) is 19.3. The molecular formula is C20H16ClN3O4. The Morgan fingerprint density at radius 2 is 1.54 bits per heavy atom. The van der Waals surface area contributed by atoms with Crippen LogP contribution < -0.4 is 4.74 Å². The van der Waals surface area contributed by atoms with Gasteiger partial charge in [-0.05, 0) is 24.3 Å². The summed E-state index contributed by atoms with van der Waals surface area (Å²) in [7, 11) is 1.62. The lowest BCUT2D eigenvalue weighted by molar-refractivity contribution is 0.0727. The van der Waals surface area contributed by atoms with Gasteiger partial charge in [0.2, 0.25) is 0 Å². The fourth-order valence-electron chi connectivity index (χ4n) is 2.70. The third kappa shape index (κ3) is 3.90. The molecule has 4 rings (SSSR count). The van der Waals surface area contributed by atoms with E-state index >= 15 is 0 Å². The molecule has 142 valence electrons. The lowest BCUT2D eigenvalue weighted by atomic mass is 10.1. The first-order valence-corrected chi connectivity index (χ1v) is 8.85. The van der Waals surface area contributed by atoms with Crippen LogP contribution in [0.1, 0.15) is 11.5 Å². The van der Waals surface area contributed by atoms with Crippen molar-refractivity contribution in [1.29, 1.82) is 0 Å². The van der Waals surface area contributed by atoms with Crippen LogP contribution in [0.3, 0.4) is 0 Å². The maximum atomic E-state index is 6.07. The molecule has 4 aromatic rings. The van der Waals surface area contributed by atoms with Crippen molar-refractivity contribution in [2.45, 2.75) is 13.2 Å². The van der Waals surface area contributed by atoms with Gasteiger partial charge in [-0.3, -0.25) is 0 Å². The van der Waals surface area contributed by atoms with Crippen molar-refractivity contribution in [2.24, 2.45) is 0 Å². The largest absolute Gasteiger partial charge is 0.496 e. The van der Waals surface area contributed by atoms with E-state index in [0.717, 1.165) is 11.3 Å². The maximum absolute atomic E-state index is 6.07. The molecule has 28 heavy (non-hydrogen) atoms. The monoisotopic (exact) mass is 397 g/mol. The molecule has 1 aromatic carbocycles. The van der Waals surface area contributed by atoms with Crippen LogP contribution in [-0.4, -0.2) is 22.4 Å². The van der Waals surface area contributed by atoms with Crippen molar-refractivity contribution in [3.05, 3.63) is 71.4 Å². The van der Waals surface area contributed by atoms with Crippen molar-refractivity contribution in [1.82, 2.24) is 15.3 Å². The number of rotatable bonds is 7. The van der Waals surface area contributed by atoms with E-state index in [1.54, 1.807) is 25.4 Å². The van der Waals surface area contributed by atoms with Crippen LogP contribution in [-0.2, 0) is 18.0 Å². The number of benzene rings is 1. The van der Waals surface area contributed by atoms with Gasteiger partial charge in [0.25, 0.3) is 0 Å². The fourth-order valence-corrected chi connectivity index (χ4v) is 2.92. The summed E-state index contributed by atoms with van der Waals surface area (Å²) in [6.45, 7) is 0.474. The zero-order valence-electron chi connectivity index (χ0n) is 15.0. The van der Waals surface area contributed by atoms with Gasteiger partial charge in [0, 0.05) is 29.5 Å². The standard InChI is InChI=1S/C20H16ClN3O4/c1-25-19-7-3-2-5-15(19)17-9-13(27-23-17)11-26-12-14-10-18(24-28-14)16-6-4-8-22-20(16)21/h2-10H,11-12H2,1H3. The Balaban J connectivity index is 1.38. The van der Waals surface area contributed by atoms with Crippen LogP contribution in [0.5, 0.6) is 5.75 Å². The number of ether oxygens (including phenoxy) is 2. The van der Waals surface area contributed by atoms with Crippen LogP contribution >= 0.6 is 11.6 Å². The summed E-state index contributed by atoms with van der Waals surface area (Å²) in [5, 5.41) is 8.46. The summed E-state index contributed by atoms with van der Waals surface area (Å²) in [6.07, 6.45) is 1.62. The normalized spacial score (nSPS) is 10.9. The summed E-state index contributed by atoms with van der Waals surface area (Å²) in [5.74, 6) is 1.89. The number of pyridine rings is 1. The summed E-state index contributed by atoms with van der Waals surface area (Å²) in [4.78, 5) is 4.03. The number of hydrogen-bond acceptors (Lipinski definition) is 7. The minimum Gasteiger partial charge on any atom is -0.496 e. The summed E-state index contributed by atoms with van der Waals surface area (Å²) < 4.78 is 21.6. The van der Waals surface area contributed by atoms with E-state index in [1.807, 2.05) is 36.4 Å². The first kappa shape index (κ1) is 18.2. The van der Waals surface area contributed by atoms with Crippen molar-refractivity contribution in [3.8, 4) is 28.3 Å². The molecule has 0 fully saturated rings. The van der Waals surface area contributed by atoms with Gasteiger partial charge in [0.05, 0.1) is 7.11 Å².